The number of urea groups is 1. The molecule has 0 radical (unpaired) electrons. The minimum atomic E-state index is -1.19. The molecule has 1 aliphatic heterocycles. The zero-order valence-electron chi connectivity index (χ0n) is 13.2. The molecule has 6 heteroatoms. The third kappa shape index (κ3) is 3.42. The first kappa shape index (κ1) is 16.8. The summed E-state index contributed by atoms with van der Waals surface area (Å²) in [5.74, 6) is -0.994. The number of hydrogen-bond acceptors (Lipinski definition) is 3. The summed E-state index contributed by atoms with van der Waals surface area (Å²) in [6, 6.07) is 0.321. The summed E-state index contributed by atoms with van der Waals surface area (Å²) in [4.78, 5) is 29.0. The Labute approximate surface area is 121 Å². The van der Waals surface area contributed by atoms with E-state index < -0.39 is 11.5 Å². The van der Waals surface area contributed by atoms with Gasteiger partial charge in [-0.05, 0) is 27.2 Å². The van der Waals surface area contributed by atoms with Crippen LogP contribution in [0.2, 0.25) is 0 Å². The lowest BCUT2D eigenvalue weighted by Crippen LogP contribution is -2.59. The van der Waals surface area contributed by atoms with Crippen molar-refractivity contribution in [3.63, 3.8) is 0 Å². The Kier molecular flexibility index (Phi) is 5.39. The van der Waals surface area contributed by atoms with E-state index in [9.17, 15) is 14.7 Å². The van der Waals surface area contributed by atoms with E-state index >= 15 is 0 Å². The van der Waals surface area contributed by atoms with E-state index in [0.717, 1.165) is 19.5 Å². The Morgan fingerprint density at radius 2 is 1.75 bits per heavy atom. The second-order valence-corrected chi connectivity index (χ2v) is 5.99. The molecule has 1 unspecified atom stereocenters. The van der Waals surface area contributed by atoms with Gasteiger partial charge in [-0.15, -0.1) is 0 Å². The van der Waals surface area contributed by atoms with E-state index in [1.165, 1.54) is 4.90 Å². The Morgan fingerprint density at radius 3 is 2.15 bits per heavy atom. The molecule has 0 spiro atoms. The largest absolute Gasteiger partial charge is 0.480 e. The summed E-state index contributed by atoms with van der Waals surface area (Å²) in [6.45, 7) is 10.4. The first-order valence-electron chi connectivity index (χ1n) is 7.22. The molecule has 2 amide bonds. The van der Waals surface area contributed by atoms with E-state index in [1.807, 2.05) is 0 Å². The van der Waals surface area contributed by atoms with Crippen LogP contribution in [0.3, 0.4) is 0 Å². The Bertz CT molecular complexity index is 363. The lowest BCUT2D eigenvalue weighted by atomic mass is 10.0. The minimum Gasteiger partial charge on any atom is -0.480 e. The van der Waals surface area contributed by atoms with Crippen molar-refractivity contribution in [3.05, 3.63) is 0 Å². The maximum Gasteiger partial charge on any atom is 0.329 e. The highest BCUT2D eigenvalue weighted by molar-refractivity contribution is 5.85. The first-order chi connectivity index (χ1) is 9.21. The van der Waals surface area contributed by atoms with Gasteiger partial charge in [0.2, 0.25) is 0 Å². The summed E-state index contributed by atoms with van der Waals surface area (Å²) >= 11 is 0. The van der Waals surface area contributed by atoms with Crippen molar-refractivity contribution >= 4 is 12.0 Å². The van der Waals surface area contributed by atoms with Crippen LogP contribution in [0.25, 0.3) is 0 Å². The van der Waals surface area contributed by atoms with E-state index in [-0.39, 0.29) is 6.03 Å². The monoisotopic (exact) mass is 285 g/mol. The summed E-state index contributed by atoms with van der Waals surface area (Å²) in [7, 11) is 1.55. The van der Waals surface area contributed by atoms with Gasteiger partial charge in [-0.2, -0.15) is 0 Å². The van der Waals surface area contributed by atoms with Crippen LogP contribution in [0.5, 0.6) is 0 Å². The predicted molar refractivity (Wildman–Crippen MR) is 77.8 cm³/mol. The number of likely N-dealkylation sites (N-methyl/N-ethyl adjacent to an activating group) is 1. The van der Waals surface area contributed by atoms with Crippen molar-refractivity contribution in [1.82, 2.24) is 14.7 Å². The van der Waals surface area contributed by atoms with E-state index in [0.29, 0.717) is 19.1 Å². The van der Waals surface area contributed by atoms with Gasteiger partial charge in [0.05, 0.1) is 0 Å². The average molecular weight is 285 g/mol. The van der Waals surface area contributed by atoms with Gasteiger partial charge in [-0.3, -0.25) is 4.90 Å². The standard InChI is InChI=1S/C14H27N3O3/c1-6-11(2)16-7-9-17(10-8-16)13(20)15(5)14(3,4)12(18)19/h11H,6-10H2,1-5H3,(H,18,19). The van der Waals surface area contributed by atoms with Crippen LogP contribution in [0.15, 0.2) is 0 Å². The summed E-state index contributed by atoms with van der Waals surface area (Å²) in [5.41, 5.74) is -1.19. The number of carboxylic acid groups (broad SMARTS) is 1. The second-order valence-electron chi connectivity index (χ2n) is 5.99. The lowest BCUT2D eigenvalue weighted by Gasteiger charge is -2.41. The Balaban J connectivity index is 2.61. The number of piperazine rings is 1. The number of carbonyl (C=O) groups is 2. The molecule has 0 aromatic heterocycles. The highest BCUT2D eigenvalue weighted by atomic mass is 16.4. The SMILES string of the molecule is CCC(C)N1CCN(C(=O)N(C)C(C)(C)C(=O)O)CC1. The molecule has 0 aromatic carbocycles. The normalized spacial score (nSPS) is 18.8. The van der Waals surface area contributed by atoms with Crippen LogP contribution in [-0.2, 0) is 4.79 Å². The number of carboxylic acids is 1. The molecule has 1 heterocycles. The molecule has 1 saturated heterocycles. The third-order valence-electron chi connectivity index (χ3n) is 4.45. The molecule has 1 atom stereocenters. The predicted octanol–water partition coefficient (Wildman–Crippen LogP) is 1.32. The topological polar surface area (TPSA) is 64.1 Å². The number of aliphatic carboxylic acids is 1. The van der Waals surface area contributed by atoms with Gasteiger partial charge >= 0.3 is 12.0 Å². The molecule has 1 N–H and O–H groups in total. The summed E-state index contributed by atoms with van der Waals surface area (Å²) in [5, 5.41) is 9.19. The number of hydrogen-bond donors (Lipinski definition) is 1. The molecule has 1 rings (SSSR count). The fourth-order valence-corrected chi connectivity index (χ4v) is 2.21. The van der Waals surface area contributed by atoms with E-state index in [1.54, 1.807) is 25.8 Å². The molecule has 116 valence electrons. The summed E-state index contributed by atoms with van der Waals surface area (Å²) < 4.78 is 0. The number of amides is 2. The molecule has 20 heavy (non-hydrogen) atoms. The summed E-state index contributed by atoms with van der Waals surface area (Å²) in [6.07, 6.45) is 1.10. The van der Waals surface area contributed by atoms with Crippen molar-refractivity contribution in [1.29, 1.82) is 0 Å². The zero-order valence-corrected chi connectivity index (χ0v) is 13.2. The molecular formula is C14H27N3O3. The Hall–Kier alpha value is -1.30. The molecule has 0 saturated carbocycles. The van der Waals surface area contributed by atoms with Crippen LogP contribution in [0.4, 0.5) is 4.79 Å². The third-order valence-corrected chi connectivity index (χ3v) is 4.45. The van der Waals surface area contributed by atoms with Crippen molar-refractivity contribution in [3.8, 4) is 0 Å². The number of rotatable bonds is 4. The molecule has 1 aliphatic rings. The number of nitrogens with zero attached hydrogens (tertiary/aromatic N) is 3. The van der Waals surface area contributed by atoms with Gasteiger partial charge in [0.25, 0.3) is 0 Å². The maximum absolute atomic E-state index is 12.4. The van der Waals surface area contributed by atoms with Gasteiger partial charge < -0.3 is 14.9 Å². The highest BCUT2D eigenvalue weighted by Crippen LogP contribution is 2.17. The lowest BCUT2D eigenvalue weighted by molar-refractivity contribution is -0.147. The maximum atomic E-state index is 12.4. The quantitative estimate of drug-likeness (QED) is 0.846. The van der Waals surface area contributed by atoms with Crippen LogP contribution in [0, 0.1) is 0 Å². The van der Waals surface area contributed by atoms with Crippen molar-refractivity contribution in [2.45, 2.75) is 45.7 Å². The van der Waals surface area contributed by atoms with Crippen molar-refractivity contribution < 1.29 is 14.7 Å². The fourth-order valence-electron chi connectivity index (χ4n) is 2.21. The molecule has 0 aliphatic carbocycles. The number of carbonyl (C=O) groups excluding carboxylic acids is 1. The van der Waals surface area contributed by atoms with E-state index in [2.05, 4.69) is 18.7 Å². The molecule has 0 aromatic rings. The smallest absolute Gasteiger partial charge is 0.329 e. The van der Waals surface area contributed by atoms with Crippen LogP contribution in [0.1, 0.15) is 34.1 Å². The molecule has 1 fully saturated rings. The Morgan fingerprint density at radius 1 is 1.25 bits per heavy atom. The molecule has 0 bridgehead atoms. The minimum absolute atomic E-state index is 0.207. The average Bonchev–Trinajstić information content (AvgIpc) is 2.44. The second kappa shape index (κ2) is 6.43. The fraction of sp³-hybridized carbons (Fsp3) is 0.857. The van der Waals surface area contributed by atoms with Gasteiger partial charge in [0.1, 0.15) is 5.54 Å². The zero-order chi connectivity index (χ0) is 15.5. The molecular weight excluding hydrogens is 258 g/mol. The van der Waals surface area contributed by atoms with Gasteiger partial charge in [-0.25, -0.2) is 9.59 Å². The highest BCUT2D eigenvalue weighted by Gasteiger charge is 2.37. The molecule has 6 nitrogen and oxygen atoms in total. The van der Waals surface area contributed by atoms with Crippen molar-refractivity contribution in [2.75, 3.05) is 33.2 Å². The van der Waals surface area contributed by atoms with Crippen LogP contribution in [-0.4, -0.2) is 76.6 Å². The van der Waals surface area contributed by atoms with E-state index in [4.69, 9.17) is 0 Å². The van der Waals surface area contributed by atoms with Crippen LogP contribution < -0.4 is 0 Å². The van der Waals surface area contributed by atoms with Gasteiger partial charge in [0.15, 0.2) is 0 Å². The van der Waals surface area contributed by atoms with Gasteiger partial charge in [-0.1, -0.05) is 6.92 Å². The van der Waals surface area contributed by atoms with Gasteiger partial charge in [0, 0.05) is 39.3 Å². The van der Waals surface area contributed by atoms with Crippen molar-refractivity contribution in [2.24, 2.45) is 0 Å². The van der Waals surface area contributed by atoms with Crippen LogP contribution >= 0.6 is 0 Å². The first-order valence-corrected chi connectivity index (χ1v) is 7.22.